The van der Waals surface area contributed by atoms with E-state index in [4.69, 9.17) is 16.3 Å². The maximum absolute atomic E-state index is 13.4. The van der Waals surface area contributed by atoms with Crippen molar-refractivity contribution in [1.29, 1.82) is 0 Å². The Morgan fingerprint density at radius 1 is 1.22 bits per heavy atom. The molecule has 194 valence electrons. The third-order valence-corrected chi connectivity index (χ3v) is 11.0. The Morgan fingerprint density at radius 2 is 2.03 bits per heavy atom. The van der Waals surface area contributed by atoms with Crippen molar-refractivity contribution in [1.82, 2.24) is 8.87 Å². The van der Waals surface area contributed by atoms with Crippen LogP contribution < -0.4 is 4.80 Å². The Kier molecular flexibility index (Phi) is 8.95. The molecule has 0 radical (unpaired) electrons. The minimum Gasteiger partial charge on any atom is -0.462 e. The number of halogens is 1. The SMILES string of the molecule is CCOC(=O)c1ccc2c(c1)sc(=NC(=O)C1CCCCN1S(=O)(=O)c1ccc(Cl)s1)n2CCSC. The maximum atomic E-state index is 13.4. The van der Waals surface area contributed by atoms with Gasteiger partial charge in [-0.15, -0.1) is 11.3 Å². The van der Waals surface area contributed by atoms with Gasteiger partial charge in [0.2, 0.25) is 0 Å². The summed E-state index contributed by atoms with van der Waals surface area (Å²) in [6.07, 6.45) is 3.82. The number of fused-ring (bicyclic) bond motifs is 1. The molecular weight excluding hydrogens is 562 g/mol. The summed E-state index contributed by atoms with van der Waals surface area (Å²) in [7, 11) is -3.87. The van der Waals surface area contributed by atoms with Crippen LogP contribution in [0.4, 0.5) is 0 Å². The lowest BCUT2D eigenvalue weighted by Crippen LogP contribution is -2.47. The van der Waals surface area contributed by atoms with Crippen LogP contribution in [0.15, 0.2) is 39.5 Å². The average molecular weight is 588 g/mol. The van der Waals surface area contributed by atoms with Gasteiger partial charge in [-0.2, -0.15) is 21.1 Å². The van der Waals surface area contributed by atoms with Gasteiger partial charge in [0.15, 0.2) is 4.80 Å². The van der Waals surface area contributed by atoms with Gasteiger partial charge < -0.3 is 9.30 Å². The topological polar surface area (TPSA) is 98.0 Å². The molecule has 0 aliphatic carbocycles. The summed E-state index contributed by atoms with van der Waals surface area (Å²) in [4.78, 5) is 30.6. The van der Waals surface area contributed by atoms with Gasteiger partial charge in [-0.25, -0.2) is 13.2 Å². The molecule has 1 unspecified atom stereocenters. The summed E-state index contributed by atoms with van der Waals surface area (Å²) < 4.78 is 36.2. The molecule has 1 aromatic carbocycles. The fourth-order valence-corrected chi connectivity index (χ4v) is 8.79. The Bertz CT molecular complexity index is 1440. The third kappa shape index (κ3) is 5.73. The van der Waals surface area contributed by atoms with E-state index in [9.17, 15) is 18.0 Å². The summed E-state index contributed by atoms with van der Waals surface area (Å²) in [5, 5.41) is 0. The largest absolute Gasteiger partial charge is 0.462 e. The molecule has 1 aliphatic rings. The number of carbonyl (C=O) groups excluding carboxylic acids is 2. The molecule has 0 bridgehead atoms. The van der Waals surface area contributed by atoms with Crippen LogP contribution in [0.3, 0.4) is 0 Å². The van der Waals surface area contributed by atoms with Gasteiger partial charge in [0, 0.05) is 18.8 Å². The summed E-state index contributed by atoms with van der Waals surface area (Å²) in [5.74, 6) is -0.0959. The smallest absolute Gasteiger partial charge is 0.338 e. The molecule has 1 aliphatic heterocycles. The third-order valence-electron chi connectivity index (χ3n) is 5.77. The van der Waals surface area contributed by atoms with Crippen molar-refractivity contribution in [3.8, 4) is 0 Å². The van der Waals surface area contributed by atoms with Crippen molar-refractivity contribution in [3.63, 3.8) is 0 Å². The lowest BCUT2D eigenvalue weighted by molar-refractivity contribution is -0.122. The minimum absolute atomic E-state index is 0.121. The number of aromatic nitrogens is 1. The Labute approximate surface area is 227 Å². The van der Waals surface area contributed by atoms with E-state index in [2.05, 4.69) is 4.99 Å². The monoisotopic (exact) mass is 587 g/mol. The van der Waals surface area contributed by atoms with Gasteiger partial charge in [-0.1, -0.05) is 29.4 Å². The second kappa shape index (κ2) is 11.8. The first-order valence-corrected chi connectivity index (χ1v) is 16.3. The average Bonchev–Trinajstić information content (AvgIpc) is 3.46. The van der Waals surface area contributed by atoms with E-state index in [0.29, 0.717) is 34.1 Å². The van der Waals surface area contributed by atoms with Crippen molar-refractivity contribution >= 4 is 78.2 Å². The Hall–Kier alpha value is -1.70. The number of thioether (sulfide) groups is 1. The van der Waals surface area contributed by atoms with Crippen molar-refractivity contribution in [3.05, 3.63) is 45.0 Å². The summed E-state index contributed by atoms with van der Waals surface area (Å²) in [6, 6.07) is 7.42. The molecule has 3 aromatic rings. The fourth-order valence-electron chi connectivity index (χ4n) is 4.06. The van der Waals surface area contributed by atoms with E-state index < -0.39 is 27.9 Å². The molecule has 36 heavy (non-hydrogen) atoms. The predicted molar refractivity (Wildman–Crippen MR) is 146 cm³/mol. The molecular formula is C23H26ClN3O5S4. The highest BCUT2D eigenvalue weighted by Gasteiger charge is 2.38. The quantitative estimate of drug-likeness (QED) is 0.357. The Morgan fingerprint density at radius 3 is 2.72 bits per heavy atom. The highest BCUT2D eigenvalue weighted by atomic mass is 35.5. The number of thiophene rings is 1. The van der Waals surface area contributed by atoms with Crippen LogP contribution in [-0.4, -0.2) is 60.4 Å². The van der Waals surface area contributed by atoms with Gasteiger partial charge in [0.25, 0.3) is 15.9 Å². The second-order valence-corrected chi connectivity index (χ2v) is 13.9. The number of carbonyl (C=O) groups is 2. The molecule has 1 amide bonds. The van der Waals surface area contributed by atoms with Crippen LogP contribution in [0.2, 0.25) is 4.34 Å². The zero-order chi connectivity index (χ0) is 25.9. The highest BCUT2D eigenvalue weighted by Crippen LogP contribution is 2.32. The first kappa shape index (κ1) is 27.3. The van der Waals surface area contributed by atoms with Crippen molar-refractivity contribution in [2.24, 2.45) is 4.99 Å². The highest BCUT2D eigenvalue weighted by molar-refractivity contribution is 7.98. The van der Waals surface area contributed by atoms with Crippen LogP contribution >= 0.6 is 46.0 Å². The molecule has 3 heterocycles. The lowest BCUT2D eigenvalue weighted by atomic mass is 10.0. The van der Waals surface area contributed by atoms with Gasteiger partial charge >= 0.3 is 5.97 Å². The van der Waals surface area contributed by atoms with Gasteiger partial charge in [0.1, 0.15) is 10.3 Å². The van der Waals surface area contributed by atoms with Gasteiger partial charge in [-0.05, 0) is 56.4 Å². The fraction of sp³-hybridized carbons (Fsp3) is 0.435. The number of hydrogen-bond acceptors (Lipinski definition) is 8. The lowest BCUT2D eigenvalue weighted by Gasteiger charge is -2.31. The standard InChI is InChI=1S/C23H26ClN3O5S4/c1-3-32-22(29)15-7-8-16-18(14-15)34-23(26(16)12-13-33-2)25-21(28)17-6-4-5-11-27(17)36(30,31)20-10-9-19(24)35-20/h7-10,14,17H,3-6,11-13H2,1-2H3. The summed E-state index contributed by atoms with van der Waals surface area (Å²) in [5.41, 5.74) is 1.29. The zero-order valence-corrected chi connectivity index (χ0v) is 23.8. The van der Waals surface area contributed by atoms with Gasteiger partial charge in [0.05, 0.1) is 26.7 Å². The number of amides is 1. The first-order valence-electron chi connectivity index (χ1n) is 11.4. The molecule has 1 saturated heterocycles. The molecule has 1 fully saturated rings. The predicted octanol–water partition coefficient (Wildman–Crippen LogP) is 4.63. The molecule has 13 heteroatoms. The number of rotatable bonds is 8. The van der Waals surface area contributed by atoms with Crippen LogP contribution in [0.5, 0.6) is 0 Å². The number of aryl methyl sites for hydroxylation is 1. The second-order valence-electron chi connectivity index (χ2n) is 8.07. The molecule has 8 nitrogen and oxygen atoms in total. The van der Waals surface area contributed by atoms with Gasteiger partial charge in [-0.3, -0.25) is 4.79 Å². The van der Waals surface area contributed by atoms with E-state index in [1.807, 2.05) is 16.9 Å². The van der Waals surface area contributed by atoms with Crippen molar-refractivity contribution in [2.75, 3.05) is 25.2 Å². The molecule has 4 rings (SSSR count). The number of thiazole rings is 1. The number of nitrogens with zero attached hydrogens (tertiary/aromatic N) is 3. The number of benzene rings is 1. The summed E-state index contributed by atoms with van der Waals surface area (Å²) in [6.45, 7) is 2.91. The van der Waals surface area contributed by atoms with E-state index in [0.717, 1.165) is 33.7 Å². The van der Waals surface area contributed by atoms with E-state index in [1.165, 1.54) is 21.7 Å². The molecule has 0 N–H and O–H groups in total. The van der Waals surface area contributed by atoms with Crippen LogP contribution in [-0.2, 0) is 26.1 Å². The first-order chi connectivity index (χ1) is 17.3. The number of esters is 1. The molecule has 0 saturated carbocycles. The van der Waals surface area contributed by atoms with Crippen molar-refractivity contribution < 1.29 is 22.7 Å². The van der Waals surface area contributed by atoms with Crippen molar-refractivity contribution in [2.45, 2.75) is 43.0 Å². The molecule has 0 spiro atoms. The maximum Gasteiger partial charge on any atom is 0.338 e. The zero-order valence-electron chi connectivity index (χ0n) is 19.8. The van der Waals surface area contributed by atoms with Crippen LogP contribution in [0.1, 0.15) is 36.5 Å². The van der Waals surface area contributed by atoms with Crippen LogP contribution in [0, 0.1) is 0 Å². The van der Waals surface area contributed by atoms with E-state index in [-0.39, 0.29) is 17.4 Å². The van der Waals surface area contributed by atoms with E-state index in [1.54, 1.807) is 36.9 Å². The molecule has 2 aromatic heterocycles. The van der Waals surface area contributed by atoms with E-state index >= 15 is 0 Å². The van der Waals surface area contributed by atoms with Crippen LogP contribution in [0.25, 0.3) is 10.2 Å². The number of ether oxygens (including phenoxy) is 1. The molecule has 1 atom stereocenters. The minimum atomic E-state index is -3.87. The number of piperidine rings is 1. The number of sulfonamides is 1. The summed E-state index contributed by atoms with van der Waals surface area (Å²) >= 11 is 9.92. The number of hydrogen-bond donors (Lipinski definition) is 0. The Balaban J connectivity index is 1.73. The normalized spacial score (nSPS) is 17.5.